The normalized spacial score (nSPS) is 10.8. The molecule has 0 aliphatic heterocycles. The second-order valence-corrected chi connectivity index (χ2v) is 4.27. The van der Waals surface area contributed by atoms with Crippen LogP contribution >= 0.6 is 0 Å². The van der Waals surface area contributed by atoms with Crippen molar-refractivity contribution < 1.29 is 14.3 Å². The first-order chi connectivity index (χ1) is 9.67. The second-order valence-electron chi connectivity index (χ2n) is 4.27. The fraction of sp³-hybridized carbons (Fsp3) is 0.500. The van der Waals surface area contributed by atoms with Gasteiger partial charge in [-0.25, -0.2) is 14.5 Å². The van der Waals surface area contributed by atoms with Crippen molar-refractivity contribution in [2.45, 2.75) is 13.0 Å². The average Bonchev–Trinajstić information content (AvgIpc) is 3.03. The quantitative estimate of drug-likeness (QED) is 0.694. The first kappa shape index (κ1) is 14.2. The summed E-state index contributed by atoms with van der Waals surface area (Å²) in [7, 11) is 4.82. The summed E-state index contributed by atoms with van der Waals surface area (Å²) in [5.74, 6) is -0.493. The largest absolute Gasteiger partial charge is 0.464 e. The van der Waals surface area contributed by atoms with E-state index in [-0.39, 0.29) is 5.69 Å². The molecule has 0 aromatic carbocycles. The Hall–Kier alpha value is -2.22. The van der Waals surface area contributed by atoms with Gasteiger partial charge < -0.3 is 14.0 Å². The fourth-order valence-electron chi connectivity index (χ4n) is 1.85. The maximum atomic E-state index is 11.7. The highest BCUT2D eigenvalue weighted by Crippen LogP contribution is 2.11. The highest BCUT2D eigenvalue weighted by atomic mass is 16.5. The van der Waals surface area contributed by atoms with Gasteiger partial charge in [0.1, 0.15) is 0 Å². The summed E-state index contributed by atoms with van der Waals surface area (Å²) in [5, 5.41) is 7.93. The van der Waals surface area contributed by atoms with Crippen LogP contribution in [0.15, 0.2) is 12.5 Å². The lowest BCUT2D eigenvalue weighted by molar-refractivity contribution is 0.0592. The van der Waals surface area contributed by atoms with Crippen LogP contribution in [0.4, 0.5) is 0 Å². The predicted octanol–water partition coefficient (Wildman–Crippen LogP) is 0.0354. The fourth-order valence-corrected chi connectivity index (χ4v) is 1.85. The summed E-state index contributed by atoms with van der Waals surface area (Å²) >= 11 is 0. The number of esters is 1. The molecule has 8 heteroatoms. The van der Waals surface area contributed by atoms with E-state index < -0.39 is 5.97 Å². The number of hydrogen-bond donors (Lipinski definition) is 0. The number of carbonyl (C=O) groups is 1. The van der Waals surface area contributed by atoms with E-state index >= 15 is 0 Å². The number of methoxy groups -OCH3 is 2. The molecular weight excluding hydrogens is 262 g/mol. The van der Waals surface area contributed by atoms with Crippen molar-refractivity contribution in [2.24, 2.45) is 7.05 Å². The Morgan fingerprint density at radius 1 is 1.40 bits per heavy atom. The molecule has 0 saturated heterocycles. The van der Waals surface area contributed by atoms with Gasteiger partial charge in [0.15, 0.2) is 5.69 Å². The smallest absolute Gasteiger partial charge is 0.360 e. The van der Waals surface area contributed by atoms with Gasteiger partial charge in [0, 0.05) is 20.6 Å². The minimum absolute atomic E-state index is 0.228. The van der Waals surface area contributed by atoms with Crippen molar-refractivity contribution in [3.8, 4) is 0 Å². The molecule has 2 aromatic rings. The Kier molecular flexibility index (Phi) is 4.46. The summed E-state index contributed by atoms with van der Waals surface area (Å²) in [6, 6.07) is 0. The number of rotatable bonds is 6. The number of carbonyl (C=O) groups excluding carboxylic acids is 1. The summed E-state index contributed by atoms with van der Waals surface area (Å²) in [4.78, 5) is 15.7. The van der Waals surface area contributed by atoms with E-state index in [4.69, 9.17) is 9.47 Å². The zero-order valence-electron chi connectivity index (χ0n) is 11.7. The molecule has 0 saturated carbocycles. The second kappa shape index (κ2) is 6.29. The number of aryl methyl sites for hydroxylation is 1. The Bertz CT molecular complexity index is 590. The zero-order chi connectivity index (χ0) is 14.5. The van der Waals surface area contributed by atoms with Gasteiger partial charge in [0.05, 0.1) is 44.2 Å². The molecule has 0 radical (unpaired) electrons. The van der Waals surface area contributed by atoms with E-state index in [0.717, 1.165) is 5.69 Å². The Morgan fingerprint density at radius 2 is 2.20 bits per heavy atom. The topological polar surface area (TPSA) is 84.1 Å². The van der Waals surface area contributed by atoms with Crippen molar-refractivity contribution in [3.05, 3.63) is 29.6 Å². The van der Waals surface area contributed by atoms with Crippen LogP contribution < -0.4 is 0 Å². The maximum absolute atomic E-state index is 11.7. The van der Waals surface area contributed by atoms with E-state index in [1.165, 1.54) is 7.11 Å². The van der Waals surface area contributed by atoms with E-state index in [9.17, 15) is 4.79 Å². The van der Waals surface area contributed by atoms with Crippen LogP contribution in [0.5, 0.6) is 0 Å². The molecule has 2 rings (SSSR count). The molecular formula is C12H17N5O3. The van der Waals surface area contributed by atoms with Crippen LogP contribution in [0.25, 0.3) is 0 Å². The molecule has 0 bridgehead atoms. The van der Waals surface area contributed by atoms with Gasteiger partial charge in [0.25, 0.3) is 0 Å². The van der Waals surface area contributed by atoms with Gasteiger partial charge in [-0.3, -0.25) is 0 Å². The van der Waals surface area contributed by atoms with Crippen molar-refractivity contribution in [3.63, 3.8) is 0 Å². The molecule has 20 heavy (non-hydrogen) atoms. The standard InChI is InChI=1S/C12H17N5O3/c1-16-8-13-6-9(16)7-17-10(4-5-19-2)11(14-15-17)12(18)20-3/h6,8H,4-5,7H2,1-3H3. The molecule has 0 spiro atoms. The first-order valence-corrected chi connectivity index (χ1v) is 6.12. The maximum Gasteiger partial charge on any atom is 0.360 e. The minimum atomic E-state index is -0.493. The van der Waals surface area contributed by atoms with Crippen LogP contribution in [-0.2, 0) is 29.5 Å². The monoisotopic (exact) mass is 279 g/mol. The van der Waals surface area contributed by atoms with Gasteiger partial charge in [-0.05, 0) is 0 Å². The third kappa shape index (κ3) is 2.85. The van der Waals surface area contributed by atoms with Gasteiger partial charge in [-0.2, -0.15) is 0 Å². The SMILES string of the molecule is COCCc1c(C(=O)OC)nnn1Cc1cncn1C. The molecule has 0 fully saturated rings. The number of imidazole rings is 1. The molecule has 0 amide bonds. The lowest BCUT2D eigenvalue weighted by atomic mass is 10.2. The highest BCUT2D eigenvalue weighted by molar-refractivity contribution is 5.88. The van der Waals surface area contributed by atoms with Crippen LogP contribution in [0.1, 0.15) is 21.9 Å². The third-order valence-corrected chi connectivity index (χ3v) is 2.99. The van der Waals surface area contributed by atoms with E-state index in [1.807, 2.05) is 11.6 Å². The molecule has 108 valence electrons. The Labute approximate surface area is 116 Å². The Balaban J connectivity index is 2.29. The number of ether oxygens (including phenoxy) is 2. The molecule has 0 aliphatic rings. The summed E-state index contributed by atoms with van der Waals surface area (Å²) in [6.07, 6.45) is 3.99. The first-order valence-electron chi connectivity index (χ1n) is 6.12. The molecule has 0 aliphatic carbocycles. The van der Waals surface area contributed by atoms with E-state index in [1.54, 1.807) is 24.3 Å². The lowest BCUT2D eigenvalue weighted by Gasteiger charge is -2.07. The van der Waals surface area contributed by atoms with Crippen LogP contribution in [0.3, 0.4) is 0 Å². The summed E-state index contributed by atoms with van der Waals surface area (Å²) < 4.78 is 13.3. The van der Waals surface area contributed by atoms with Crippen LogP contribution in [0.2, 0.25) is 0 Å². The van der Waals surface area contributed by atoms with Crippen LogP contribution in [0, 0.1) is 0 Å². The van der Waals surface area contributed by atoms with E-state index in [2.05, 4.69) is 15.3 Å². The molecule has 2 aromatic heterocycles. The summed E-state index contributed by atoms with van der Waals surface area (Å²) in [6.45, 7) is 0.961. The highest BCUT2D eigenvalue weighted by Gasteiger charge is 2.20. The zero-order valence-corrected chi connectivity index (χ0v) is 11.7. The van der Waals surface area contributed by atoms with Gasteiger partial charge in [-0.1, -0.05) is 5.21 Å². The number of aromatic nitrogens is 5. The lowest BCUT2D eigenvalue weighted by Crippen LogP contribution is -2.13. The number of nitrogens with zero attached hydrogens (tertiary/aromatic N) is 5. The van der Waals surface area contributed by atoms with Crippen LogP contribution in [-0.4, -0.2) is 51.3 Å². The molecule has 0 N–H and O–H groups in total. The number of hydrogen-bond acceptors (Lipinski definition) is 6. The summed E-state index contributed by atoms with van der Waals surface area (Å²) in [5.41, 5.74) is 1.89. The van der Waals surface area contributed by atoms with Gasteiger partial charge >= 0.3 is 5.97 Å². The predicted molar refractivity (Wildman–Crippen MR) is 69.3 cm³/mol. The third-order valence-electron chi connectivity index (χ3n) is 2.99. The molecule has 0 unspecified atom stereocenters. The van der Waals surface area contributed by atoms with Gasteiger partial charge in [0.2, 0.25) is 0 Å². The minimum Gasteiger partial charge on any atom is -0.464 e. The van der Waals surface area contributed by atoms with Crippen molar-refractivity contribution in [1.29, 1.82) is 0 Å². The van der Waals surface area contributed by atoms with Crippen molar-refractivity contribution in [1.82, 2.24) is 24.5 Å². The molecule has 2 heterocycles. The van der Waals surface area contributed by atoms with Crippen molar-refractivity contribution >= 4 is 5.97 Å². The van der Waals surface area contributed by atoms with E-state index in [0.29, 0.717) is 25.3 Å². The van der Waals surface area contributed by atoms with Gasteiger partial charge in [-0.15, -0.1) is 5.10 Å². The molecule has 8 nitrogen and oxygen atoms in total. The Morgan fingerprint density at radius 3 is 2.80 bits per heavy atom. The average molecular weight is 279 g/mol. The molecule has 0 atom stereocenters. The van der Waals surface area contributed by atoms with Crippen molar-refractivity contribution in [2.75, 3.05) is 20.8 Å².